The average molecular weight is 279 g/mol. The van der Waals surface area contributed by atoms with E-state index in [0.29, 0.717) is 11.3 Å². The molecule has 0 radical (unpaired) electrons. The number of nitriles is 1. The molecule has 96 valence electrons. The van der Waals surface area contributed by atoms with Crippen molar-refractivity contribution in [1.82, 2.24) is 0 Å². The molecule has 0 saturated carbocycles. The molecule has 0 aliphatic heterocycles. The van der Waals surface area contributed by atoms with Crippen LogP contribution < -0.4 is 5.32 Å². The zero-order valence-electron chi connectivity index (χ0n) is 9.70. The Morgan fingerprint density at radius 3 is 2.58 bits per heavy atom. The number of nitrogens with zero attached hydrogens (tertiary/aromatic N) is 1. The highest BCUT2D eigenvalue weighted by Gasteiger charge is 2.12. The molecule has 0 fully saturated rings. The molecule has 0 aliphatic carbocycles. The third-order valence-electron chi connectivity index (χ3n) is 2.54. The summed E-state index contributed by atoms with van der Waals surface area (Å²) < 4.78 is 26.1. The van der Waals surface area contributed by atoms with Crippen molar-refractivity contribution in [3.8, 4) is 6.07 Å². The Hall–Kier alpha value is -2.12. The lowest BCUT2D eigenvalue weighted by Crippen LogP contribution is -2.08. The van der Waals surface area contributed by atoms with Gasteiger partial charge in [-0.05, 0) is 35.9 Å². The highest BCUT2D eigenvalue weighted by molar-refractivity contribution is 6.30. The van der Waals surface area contributed by atoms with Crippen molar-refractivity contribution in [2.45, 2.75) is 6.04 Å². The molecule has 0 saturated heterocycles. The Labute approximate surface area is 114 Å². The van der Waals surface area contributed by atoms with Gasteiger partial charge in [-0.1, -0.05) is 23.7 Å². The average Bonchev–Trinajstić information content (AvgIpc) is 2.39. The van der Waals surface area contributed by atoms with Gasteiger partial charge < -0.3 is 5.32 Å². The summed E-state index contributed by atoms with van der Waals surface area (Å²) in [6.07, 6.45) is 0. The summed E-state index contributed by atoms with van der Waals surface area (Å²) in [5, 5.41) is 11.9. The molecule has 2 aromatic carbocycles. The lowest BCUT2D eigenvalue weighted by Gasteiger charge is -2.13. The Morgan fingerprint density at radius 2 is 1.95 bits per heavy atom. The standard InChI is InChI=1S/C14H9ClF2N2/c15-12-6-9(4-5-13(12)17)14(8-18)19-11-3-1-2-10(16)7-11/h1-7,14,19H. The summed E-state index contributed by atoms with van der Waals surface area (Å²) in [7, 11) is 0. The molecule has 0 bridgehead atoms. The topological polar surface area (TPSA) is 35.8 Å². The monoisotopic (exact) mass is 278 g/mol. The zero-order valence-corrected chi connectivity index (χ0v) is 10.5. The third kappa shape index (κ3) is 3.21. The van der Waals surface area contributed by atoms with Gasteiger partial charge in [-0.15, -0.1) is 0 Å². The minimum absolute atomic E-state index is 0.0567. The number of hydrogen-bond acceptors (Lipinski definition) is 2. The van der Waals surface area contributed by atoms with Crippen molar-refractivity contribution in [2.75, 3.05) is 5.32 Å². The van der Waals surface area contributed by atoms with E-state index in [1.54, 1.807) is 6.07 Å². The Kier molecular flexibility index (Phi) is 3.98. The lowest BCUT2D eigenvalue weighted by molar-refractivity contribution is 0.627. The van der Waals surface area contributed by atoms with Gasteiger partial charge in [0.15, 0.2) is 0 Å². The molecule has 1 N–H and O–H groups in total. The van der Waals surface area contributed by atoms with Crippen LogP contribution in [0.4, 0.5) is 14.5 Å². The molecule has 2 nitrogen and oxygen atoms in total. The van der Waals surface area contributed by atoms with Crippen LogP contribution >= 0.6 is 11.6 Å². The quantitative estimate of drug-likeness (QED) is 0.909. The smallest absolute Gasteiger partial charge is 0.141 e. The van der Waals surface area contributed by atoms with Gasteiger partial charge in [-0.3, -0.25) is 0 Å². The van der Waals surface area contributed by atoms with Crippen LogP contribution in [0.5, 0.6) is 0 Å². The molecule has 2 aromatic rings. The van der Waals surface area contributed by atoms with Gasteiger partial charge in [0.1, 0.15) is 17.7 Å². The Bertz CT molecular complexity index is 638. The highest BCUT2D eigenvalue weighted by Crippen LogP contribution is 2.24. The molecular weight excluding hydrogens is 270 g/mol. The molecular formula is C14H9ClF2N2. The summed E-state index contributed by atoms with van der Waals surface area (Å²) in [4.78, 5) is 0. The molecule has 0 spiro atoms. The number of benzene rings is 2. The first-order valence-electron chi connectivity index (χ1n) is 5.47. The van der Waals surface area contributed by atoms with Crippen molar-refractivity contribution in [3.05, 3.63) is 64.7 Å². The second kappa shape index (κ2) is 5.68. The van der Waals surface area contributed by atoms with Crippen molar-refractivity contribution in [3.63, 3.8) is 0 Å². The molecule has 1 unspecified atom stereocenters. The van der Waals surface area contributed by atoms with Gasteiger partial charge in [0, 0.05) is 5.69 Å². The van der Waals surface area contributed by atoms with E-state index in [1.165, 1.54) is 36.4 Å². The first-order chi connectivity index (χ1) is 9.10. The van der Waals surface area contributed by atoms with Crippen LogP contribution in [0.1, 0.15) is 11.6 Å². The number of halogens is 3. The maximum Gasteiger partial charge on any atom is 0.141 e. The van der Waals surface area contributed by atoms with E-state index in [2.05, 4.69) is 5.32 Å². The molecule has 0 amide bonds. The predicted molar refractivity (Wildman–Crippen MR) is 69.8 cm³/mol. The summed E-state index contributed by atoms with van der Waals surface area (Å²) in [6.45, 7) is 0. The van der Waals surface area contributed by atoms with Gasteiger partial charge in [0.2, 0.25) is 0 Å². The summed E-state index contributed by atoms with van der Waals surface area (Å²) in [5.41, 5.74) is 0.977. The van der Waals surface area contributed by atoms with Gasteiger partial charge in [0.25, 0.3) is 0 Å². The fraction of sp³-hybridized carbons (Fsp3) is 0.0714. The SMILES string of the molecule is N#CC(Nc1cccc(F)c1)c1ccc(F)c(Cl)c1. The van der Waals surface area contributed by atoms with Gasteiger partial charge in [-0.25, -0.2) is 8.78 Å². The minimum Gasteiger partial charge on any atom is -0.366 e. The van der Waals surface area contributed by atoms with Crippen molar-refractivity contribution >= 4 is 17.3 Å². The largest absolute Gasteiger partial charge is 0.366 e. The van der Waals surface area contributed by atoms with Crippen LogP contribution in [-0.4, -0.2) is 0 Å². The number of rotatable bonds is 3. The lowest BCUT2D eigenvalue weighted by atomic mass is 10.1. The van der Waals surface area contributed by atoms with E-state index in [4.69, 9.17) is 16.9 Å². The highest BCUT2D eigenvalue weighted by atomic mass is 35.5. The van der Waals surface area contributed by atoms with E-state index < -0.39 is 17.7 Å². The van der Waals surface area contributed by atoms with Crippen LogP contribution in [0.25, 0.3) is 0 Å². The number of nitrogens with one attached hydrogen (secondary N) is 1. The normalized spacial score (nSPS) is 11.7. The van der Waals surface area contributed by atoms with Crippen LogP contribution in [-0.2, 0) is 0 Å². The fourth-order valence-corrected chi connectivity index (χ4v) is 1.82. The second-order valence-electron chi connectivity index (χ2n) is 3.89. The minimum atomic E-state index is -0.736. The molecule has 0 aliphatic rings. The van der Waals surface area contributed by atoms with Crippen molar-refractivity contribution < 1.29 is 8.78 Å². The maximum absolute atomic E-state index is 13.1. The number of anilines is 1. The van der Waals surface area contributed by atoms with Gasteiger partial charge >= 0.3 is 0 Å². The van der Waals surface area contributed by atoms with Crippen LogP contribution in [0.15, 0.2) is 42.5 Å². The summed E-state index contributed by atoms with van der Waals surface area (Å²) in [6, 6.07) is 11.1. The van der Waals surface area contributed by atoms with Gasteiger partial charge in [-0.2, -0.15) is 5.26 Å². The molecule has 0 aromatic heterocycles. The van der Waals surface area contributed by atoms with Gasteiger partial charge in [0.05, 0.1) is 11.1 Å². The first-order valence-corrected chi connectivity index (χ1v) is 5.84. The zero-order chi connectivity index (χ0) is 13.8. The van der Waals surface area contributed by atoms with Crippen molar-refractivity contribution in [1.29, 1.82) is 5.26 Å². The van der Waals surface area contributed by atoms with Crippen LogP contribution in [0, 0.1) is 23.0 Å². The van der Waals surface area contributed by atoms with E-state index in [0.717, 1.165) is 0 Å². The third-order valence-corrected chi connectivity index (χ3v) is 2.83. The van der Waals surface area contributed by atoms with E-state index in [-0.39, 0.29) is 5.02 Å². The Balaban J connectivity index is 2.25. The first kappa shape index (κ1) is 13.3. The number of hydrogen-bond donors (Lipinski definition) is 1. The molecule has 1 atom stereocenters. The molecule has 5 heteroatoms. The maximum atomic E-state index is 13.1. The molecule has 19 heavy (non-hydrogen) atoms. The molecule has 2 rings (SSSR count). The predicted octanol–water partition coefficient (Wildman–Crippen LogP) is 4.29. The molecule has 0 heterocycles. The van der Waals surface area contributed by atoms with Crippen LogP contribution in [0.2, 0.25) is 5.02 Å². The summed E-state index contributed by atoms with van der Waals surface area (Å²) in [5.74, 6) is -0.952. The van der Waals surface area contributed by atoms with E-state index >= 15 is 0 Å². The fourth-order valence-electron chi connectivity index (χ4n) is 1.63. The Morgan fingerprint density at radius 1 is 1.16 bits per heavy atom. The summed E-state index contributed by atoms with van der Waals surface area (Å²) >= 11 is 5.67. The van der Waals surface area contributed by atoms with E-state index in [9.17, 15) is 8.78 Å². The van der Waals surface area contributed by atoms with Crippen LogP contribution in [0.3, 0.4) is 0 Å². The second-order valence-corrected chi connectivity index (χ2v) is 4.30. The van der Waals surface area contributed by atoms with Crippen molar-refractivity contribution in [2.24, 2.45) is 0 Å². The van der Waals surface area contributed by atoms with E-state index in [1.807, 2.05) is 6.07 Å².